The molecule has 146 valence electrons. The van der Waals surface area contributed by atoms with Crippen molar-refractivity contribution in [2.45, 2.75) is 33.5 Å². The number of ether oxygens (including phenoxy) is 1. The number of hydrogen-bond acceptors (Lipinski definition) is 4. The van der Waals surface area contributed by atoms with Gasteiger partial charge in [-0.15, -0.1) is 0 Å². The van der Waals surface area contributed by atoms with E-state index in [1.54, 1.807) is 17.0 Å². The average molecular weight is 378 g/mol. The highest BCUT2D eigenvalue weighted by molar-refractivity contribution is 5.94. The predicted molar refractivity (Wildman–Crippen MR) is 96.9 cm³/mol. The molecule has 2 heterocycles. The van der Waals surface area contributed by atoms with Crippen LogP contribution in [0, 0.1) is 6.92 Å². The van der Waals surface area contributed by atoms with Crippen LogP contribution in [-0.2, 0) is 13.1 Å². The predicted octanol–water partition coefficient (Wildman–Crippen LogP) is 2.77. The summed E-state index contributed by atoms with van der Waals surface area (Å²) in [7, 11) is 0. The van der Waals surface area contributed by atoms with Crippen LogP contribution in [0.25, 0.3) is 0 Å². The van der Waals surface area contributed by atoms with Gasteiger partial charge in [0.05, 0.1) is 5.69 Å². The number of benzene rings is 1. The Morgan fingerprint density at radius 1 is 1.26 bits per heavy atom. The molecule has 2 aromatic rings. The molecule has 8 heteroatoms. The van der Waals surface area contributed by atoms with Crippen LogP contribution in [0.1, 0.15) is 28.5 Å². The monoisotopic (exact) mass is 378 g/mol. The van der Waals surface area contributed by atoms with Crippen molar-refractivity contribution in [2.75, 3.05) is 26.2 Å². The van der Waals surface area contributed by atoms with Crippen molar-refractivity contribution in [3.05, 3.63) is 47.3 Å². The second kappa shape index (κ2) is 8.47. The molecule has 1 aliphatic rings. The normalized spacial score (nSPS) is 15.4. The molecule has 27 heavy (non-hydrogen) atoms. The number of carbonyl (C=O) groups excluding carboxylic acids is 1. The molecular formula is C19H24F2N4O2. The number of carbonyl (C=O) groups is 1. The van der Waals surface area contributed by atoms with Gasteiger partial charge in [-0.1, -0.05) is 6.07 Å². The average Bonchev–Trinajstić information content (AvgIpc) is 3.01. The lowest BCUT2D eigenvalue weighted by Crippen LogP contribution is -2.48. The third-order valence-corrected chi connectivity index (χ3v) is 4.73. The van der Waals surface area contributed by atoms with Crippen LogP contribution in [0.3, 0.4) is 0 Å². The van der Waals surface area contributed by atoms with Gasteiger partial charge in [0.25, 0.3) is 5.91 Å². The summed E-state index contributed by atoms with van der Waals surface area (Å²) in [5.74, 6) is -0.165. The van der Waals surface area contributed by atoms with Crippen LogP contribution in [0.4, 0.5) is 8.78 Å². The highest BCUT2D eigenvalue weighted by Crippen LogP contribution is 2.18. The molecule has 0 aliphatic carbocycles. The van der Waals surface area contributed by atoms with Crippen LogP contribution in [0.15, 0.2) is 30.5 Å². The number of aromatic nitrogens is 2. The van der Waals surface area contributed by atoms with Gasteiger partial charge in [-0.05, 0) is 32.0 Å². The van der Waals surface area contributed by atoms with E-state index < -0.39 is 6.61 Å². The molecule has 0 radical (unpaired) electrons. The van der Waals surface area contributed by atoms with Crippen LogP contribution < -0.4 is 4.74 Å². The van der Waals surface area contributed by atoms with Crippen LogP contribution in [0.2, 0.25) is 0 Å². The number of aryl methyl sites for hydroxylation is 2. The molecule has 0 unspecified atom stereocenters. The molecule has 0 N–H and O–H groups in total. The molecule has 1 amide bonds. The van der Waals surface area contributed by atoms with E-state index in [0.29, 0.717) is 18.7 Å². The Labute approximate surface area is 157 Å². The Kier molecular flexibility index (Phi) is 6.05. The minimum absolute atomic E-state index is 0.00195. The lowest BCUT2D eigenvalue weighted by molar-refractivity contribution is -0.0499. The SMILES string of the molecule is CCn1cc(CN2CCN(C(=O)c3cccc(OC(F)F)c3)CC2)c(C)n1. The maximum Gasteiger partial charge on any atom is 0.387 e. The van der Waals surface area contributed by atoms with E-state index >= 15 is 0 Å². The second-order valence-electron chi connectivity index (χ2n) is 6.57. The highest BCUT2D eigenvalue weighted by atomic mass is 19.3. The quantitative estimate of drug-likeness (QED) is 0.776. The third kappa shape index (κ3) is 4.82. The van der Waals surface area contributed by atoms with Gasteiger partial charge in [-0.3, -0.25) is 14.4 Å². The zero-order valence-electron chi connectivity index (χ0n) is 15.6. The molecule has 0 bridgehead atoms. The standard InChI is InChI=1S/C19H24F2N4O2/c1-3-25-13-16(14(2)22-25)12-23-7-9-24(10-8-23)18(26)15-5-4-6-17(11-15)27-19(20)21/h4-6,11,13,19H,3,7-10,12H2,1-2H3. The number of rotatable bonds is 6. The molecule has 0 spiro atoms. The van der Waals surface area contributed by atoms with Gasteiger partial charge in [-0.25, -0.2) is 0 Å². The smallest absolute Gasteiger partial charge is 0.387 e. The topological polar surface area (TPSA) is 50.6 Å². The molecule has 3 rings (SSSR count). The zero-order chi connectivity index (χ0) is 19.4. The maximum atomic E-state index is 12.7. The van der Waals surface area contributed by atoms with E-state index in [0.717, 1.165) is 31.9 Å². The minimum Gasteiger partial charge on any atom is -0.435 e. The lowest BCUT2D eigenvalue weighted by Gasteiger charge is -2.34. The van der Waals surface area contributed by atoms with Gasteiger partial charge in [0.15, 0.2) is 0 Å². The van der Waals surface area contributed by atoms with Gasteiger partial charge in [0, 0.05) is 56.6 Å². The number of nitrogens with zero attached hydrogens (tertiary/aromatic N) is 4. The molecular weight excluding hydrogens is 354 g/mol. The van der Waals surface area contributed by atoms with Crippen molar-refractivity contribution in [3.63, 3.8) is 0 Å². The first kappa shape index (κ1) is 19.3. The number of hydrogen-bond donors (Lipinski definition) is 0. The highest BCUT2D eigenvalue weighted by Gasteiger charge is 2.23. The maximum absolute atomic E-state index is 12.7. The molecule has 1 saturated heterocycles. The fourth-order valence-electron chi connectivity index (χ4n) is 3.21. The molecule has 1 fully saturated rings. The van der Waals surface area contributed by atoms with Crippen molar-refractivity contribution in [3.8, 4) is 5.75 Å². The van der Waals surface area contributed by atoms with E-state index in [1.165, 1.54) is 17.7 Å². The van der Waals surface area contributed by atoms with E-state index in [4.69, 9.17) is 0 Å². The zero-order valence-corrected chi connectivity index (χ0v) is 15.6. The van der Waals surface area contributed by atoms with Crippen LogP contribution >= 0.6 is 0 Å². The van der Waals surface area contributed by atoms with Gasteiger partial charge >= 0.3 is 6.61 Å². The van der Waals surface area contributed by atoms with Gasteiger partial charge in [0.1, 0.15) is 5.75 Å². The van der Waals surface area contributed by atoms with Gasteiger partial charge in [-0.2, -0.15) is 13.9 Å². The largest absolute Gasteiger partial charge is 0.435 e. The Bertz CT molecular complexity index is 786. The van der Waals surface area contributed by atoms with Crippen molar-refractivity contribution in [1.29, 1.82) is 0 Å². The summed E-state index contributed by atoms with van der Waals surface area (Å²) in [5.41, 5.74) is 2.60. The summed E-state index contributed by atoms with van der Waals surface area (Å²) in [5, 5.41) is 4.47. The summed E-state index contributed by atoms with van der Waals surface area (Å²) in [4.78, 5) is 16.7. The Balaban J connectivity index is 1.57. The molecule has 6 nitrogen and oxygen atoms in total. The van der Waals surface area contributed by atoms with E-state index in [9.17, 15) is 13.6 Å². The Morgan fingerprint density at radius 3 is 2.63 bits per heavy atom. The van der Waals surface area contributed by atoms with Crippen LogP contribution in [-0.4, -0.2) is 58.3 Å². The Morgan fingerprint density at radius 2 is 2.00 bits per heavy atom. The molecule has 0 saturated carbocycles. The number of amides is 1. The first-order chi connectivity index (χ1) is 13.0. The van der Waals surface area contributed by atoms with Gasteiger partial charge < -0.3 is 9.64 Å². The molecule has 1 aliphatic heterocycles. The van der Waals surface area contributed by atoms with E-state index in [2.05, 4.69) is 27.9 Å². The number of piperazine rings is 1. The number of halogens is 2. The molecule has 0 atom stereocenters. The minimum atomic E-state index is -2.90. The first-order valence-electron chi connectivity index (χ1n) is 9.05. The number of alkyl halides is 2. The molecule has 1 aromatic heterocycles. The van der Waals surface area contributed by atoms with E-state index in [1.807, 2.05) is 11.6 Å². The first-order valence-corrected chi connectivity index (χ1v) is 9.05. The van der Waals surface area contributed by atoms with Gasteiger partial charge in [0.2, 0.25) is 0 Å². The lowest BCUT2D eigenvalue weighted by atomic mass is 10.1. The summed E-state index contributed by atoms with van der Waals surface area (Å²) in [6.07, 6.45) is 2.07. The van der Waals surface area contributed by atoms with Crippen molar-refractivity contribution >= 4 is 5.91 Å². The van der Waals surface area contributed by atoms with E-state index in [-0.39, 0.29) is 11.7 Å². The van der Waals surface area contributed by atoms with Crippen molar-refractivity contribution in [2.24, 2.45) is 0 Å². The van der Waals surface area contributed by atoms with Crippen molar-refractivity contribution in [1.82, 2.24) is 19.6 Å². The molecule has 1 aromatic carbocycles. The summed E-state index contributed by atoms with van der Waals surface area (Å²) in [6.45, 7) is 5.53. The Hall–Kier alpha value is -2.48. The summed E-state index contributed by atoms with van der Waals surface area (Å²) in [6, 6.07) is 5.95. The summed E-state index contributed by atoms with van der Waals surface area (Å²) < 4.78 is 31.0. The third-order valence-electron chi connectivity index (χ3n) is 4.73. The fraction of sp³-hybridized carbons (Fsp3) is 0.474. The second-order valence-corrected chi connectivity index (χ2v) is 6.57. The summed E-state index contributed by atoms with van der Waals surface area (Å²) >= 11 is 0. The fourth-order valence-corrected chi connectivity index (χ4v) is 3.21. The van der Waals surface area contributed by atoms with Crippen LogP contribution in [0.5, 0.6) is 5.75 Å². The van der Waals surface area contributed by atoms with Crippen molar-refractivity contribution < 1.29 is 18.3 Å².